The van der Waals surface area contributed by atoms with Crippen molar-refractivity contribution in [3.8, 4) is 0 Å². The lowest BCUT2D eigenvalue weighted by Crippen LogP contribution is -2.53. The van der Waals surface area contributed by atoms with Gasteiger partial charge < -0.3 is 24.5 Å². The van der Waals surface area contributed by atoms with Gasteiger partial charge in [0.15, 0.2) is 16.3 Å². The number of cyclic esters (lactones) is 1. The van der Waals surface area contributed by atoms with Gasteiger partial charge in [-0.05, 0) is 31.8 Å². The molecule has 2 N–H and O–H groups in total. The summed E-state index contributed by atoms with van der Waals surface area (Å²) in [7, 11) is 0. The third kappa shape index (κ3) is 10.0. The number of carbonyl (C=O) groups excluding carboxylic acids is 4. The maximum Gasteiger partial charge on any atom is 0.329 e. The Kier molecular flexibility index (Phi) is 12.4. The Labute approximate surface area is 245 Å². The van der Waals surface area contributed by atoms with Crippen molar-refractivity contribution in [2.45, 2.75) is 103 Å². The summed E-state index contributed by atoms with van der Waals surface area (Å²) in [6.07, 6.45) is 10.5. The molecule has 226 valence electrons. The molecule has 2 amide bonds. The number of aromatic nitrogens is 1. The van der Waals surface area contributed by atoms with Gasteiger partial charge in [0.1, 0.15) is 25.0 Å². The number of nitrogens with one attached hydrogen (secondary N) is 2. The van der Waals surface area contributed by atoms with E-state index < -0.39 is 29.6 Å². The number of esters is 1. The Balaban J connectivity index is 1.66. The van der Waals surface area contributed by atoms with E-state index in [1.54, 1.807) is 26.8 Å². The summed E-state index contributed by atoms with van der Waals surface area (Å²) >= 11 is 1.29. The number of oxazole rings is 1. The van der Waals surface area contributed by atoms with Crippen LogP contribution in [0.1, 0.15) is 90.6 Å². The number of rotatable bonds is 11. The van der Waals surface area contributed by atoms with Gasteiger partial charge >= 0.3 is 5.97 Å². The number of thioether (sulfide) groups is 1. The van der Waals surface area contributed by atoms with Crippen molar-refractivity contribution in [3.05, 3.63) is 30.0 Å². The number of carbonyl (C=O) groups is 4. The molecular formula is C29H42N4O7S. The maximum atomic E-state index is 13.2. The van der Waals surface area contributed by atoms with Gasteiger partial charge in [-0.1, -0.05) is 64.3 Å². The molecule has 0 saturated carbocycles. The Morgan fingerprint density at radius 1 is 1.22 bits per heavy atom. The zero-order chi connectivity index (χ0) is 29.8. The molecule has 12 heteroatoms. The molecule has 0 fully saturated rings. The second kappa shape index (κ2) is 15.7. The van der Waals surface area contributed by atoms with Crippen LogP contribution in [0.3, 0.4) is 0 Å². The van der Waals surface area contributed by atoms with Crippen LogP contribution in [0.25, 0.3) is 0 Å². The van der Waals surface area contributed by atoms with E-state index in [-0.39, 0.29) is 48.3 Å². The van der Waals surface area contributed by atoms with E-state index in [2.05, 4.69) is 27.5 Å². The first kappa shape index (κ1) is 32.4. The second-order valence-corrected chi connectivity index (χ2v) is 12.0. The smallest absolute Gasteiger partial charge is 0.329 e. The molecule has 0 spiro atoms. The van der Waals surface area contributed by atoms with Crippen LogP contribution in [0.2, 0.25) is 0 Å². The van der Waals surface area contributed by atoms with E-state index in [0.29, 0.717) is 24.3 Å². The number of fused-ring (bicyclic) bond motifs is 4. The number of aliphatic imine (C=N–C) groups is 1. The first-order chi connectivity index (χ1) is 19.6. The Morgan fingerprint density at radius 3 is 2.76 bits per heavy atom. The predicted molar refractivity (Wildman–Crippen MR) is 155 cm³/mol. The molecule has 0 aliphatic carbocycles. The number of hydrogen-bond donors (Lipinski definition) is 2. The predicted octanol–water partition coefficient (Wildman–Crippen LogP) is 3.85. The molecule has 2 aliphatic rings. The van der Waals surface area contributed by atoms with Crippen molar-refractivity contribution in [1.82, 2.24) is 15.6 Å². The number of nitrogens with zero attached hydrogens (tertiary/aromatic N) is 2. The normalized spacial score (nSPS) is 23.6. The molecule has 0 unspecified atom stereocenters. The number of unbranched alkanes of at least 4 members (excludes halogenated alkanes) is 4. The summed E-state index contributed by atoms with van der Waals surface area (Å²) in [6, 6.07) is -0.963. The van der Waals surface area contributed by atoms with Crippen molar-refractivity contribution >= 4 is 40.6 Å². The third-order valence-corrected chi connectivity index (χ3v) is 7.75. The lowest BCUT2D eigenvalue weighted by molar-refractivity contribution is -0.153. The van der Waals surface area contributed by atoms with Crippen LogP contribution in [-0.2, 0) is 35.2 Å². The molecule has 2 aliphatic heterocycles. The molecular weight excluding hydrogens is 548 g/mol. The van der Waals surface area contributed by atoms with Crippen LogP contribution < -0.4 is 10.6 Å². The van der Waals surface area contributed by atoms with Crippen LogP contribution in [0, 0.1) is 5.92 Å². The first-order valence-electron chi connectivity index (χ1n) is 14.4. The fourth-order valence-corrected chi connectivity index (χ4v) is 5.03. The summed E-state index contributed by atoms with van der Waals surface area (Å²) in [5.74, 6) is -0.830. The molecule has 1 aromatic rings. The van der Waals surface area contributed by atoms with Gasteiger partial charge in [-0.2, -0.15) is 0 Å². The molecule has 3 atom stereocenters. The highest BCUT2D eigenvalue weighted by atomic mass is 32.2. The molecule has 11 nitrogen and oxygen atoms in total. The molecule has 41 heavy (non-hydrogen) atoms. The number of allylic oxidation sites excluding steroid dienone is 1. The highest BCUT2D eigenvalue weighted by Crippen LogP contribution is 2.23. The zero-order valence-electron chi connectivity index (χ0n) is 24.4. The Hall–Kier alpha value is -3.15. The minimum Gasteiger partial charge on any atom is -0.473 e. The second-order valence-electron chi connectivity index (χ2n) is 10.9. The van der Waals surface area contributed by atoms with E-state index in [0.717, 1.165) is 19.3 Å². The SMILES string of the molecule is CCCCCCCC(=O)SCC/C=C/[C@@H]1CC(=O)NCc2nc(co2)C2=N[C@@](C)(CO2)C(=O)N[C@@H](C(C)C)C(=O)O1. The highest BCUT2D eigenvalue weighted by molar-refractivity contribution is 8.13. The van der Waals surface area contributed by atoms with Crippen LogP contribution in [0.4, 0.5) is 0 Å². The average molecular weight is 591 g/mol. The van der Waals surface area contributed by atoms with Gasteiger partial charge in [-0.15, -0.1) is 0 Å². The number of hydrogen-bond acceptors (Lipinski definition) is 10. The van der Waals surface area contributed by atoms with E-state index in [1.165, 1.54) is 30.9 Å². The monoisotopic (exact) mass is 590 g/mol. The molecule has 4 bridgehead atoms. The zero-order valence-corrected chi connectivity index (χ0v) is 25.2. The quantitative estimate of drug-likeness (QED) is 0.223. The minimum absolute atomic E-state index is 0.0140. The summed E-state index contributed by atoms with van der Waals surface area (Å²) < 4.78 is 16.8. The molecule has 1 aromatic heterocycles. The fourth-order valence-electron chi connectivity index (χ4n) is 4.26. The first-order valence-corrected chi connectivity index (χ1v) is 15.4. The summed E-state index contributed by atoms with van der Waals surface area (Å²) in [6.45, 7) is 7.34. The standard InChI is InChI=1S/C29H42N4O7S/c1-5-6-7-8-9-13-24(35)41-14-11-10-12-20-15-22(34)30-16-23-31-21(17-38-23)26-33-29(4,18-39-26)28(37)32-25(19(2)3)27(36)40-20/h10,12,17,19-20,25H,5-9,11,13-16,18H2,1-4H3,(H,30,34)(H,32,37)/b12-10+/t20-,25+,29+/m1/s1. The summed E-state index contributed by atoms with van der Waals surface area (Å²) in [5, 5.41) is 5.65. The van der Waals surface area contributed by atoms with Gasteiger partial charge in [0.25, 0.3) is 5.91 Å². The molecule has 0 aromatic carbocycles. The summed E-state index contributed by atoms with van der Waals surface area (Å²) in [4.78, 5) is 60.0. The van der Waals surface area contributed by atoms with Crippen molar-refractivity contribution in [1.29, 1.82) is 0 Å². The van der Waals surface area contributed by atoms with Crippen molar-refractivity contribution in [2.24, 2.45) is 10.9 Å². The molecule has 3 heterocycles. The van der Waals surface area contributed by atoms with Gasteiger partial charge in [0, 0.05) is 12.2 Å². The lowest BCUT2D eigenvalue weighted by Gasteiger charge is -2.26. The van der Waals surface area contributed by atoms with E-state index in [4.69, 9.17) is 13.9 Å². The number of ether oxygens (including phenoxy) is 2. The highest BCUT2D eigenvalue weighted by Gasteiger charge is 2.43. The van der Waals surface area contributed by atoms with Gasteiger partial charge in [-0.3, -0.25) is 14.4 Å². The Bertz CT molecular complexity index is 1130. The van der Waals surface area contributed by atoms with Crippen LogP contribution in [0.15, 0.2) is 27.8 Å². The third-order valence-electron chi connectivity index (χ3n) is 6.78. The number of amides is 2. The molecule has 0 radical (unpaired) electrons. The topological polar surface area (TPSA) is 149 Å². The van der Waals surface area contributed by atoms with E-state index in [1.807, 2.05) is 6.08 Å². The largest absolute Gasteiger partial charge is 0.473 e. The van der Waals surface area contributed by atoms with Gasteiger partial charge in [0.05, 0.1) is 13.0 Å². The van der Waals surface area contributed by atoms with Crippen LogP contribution in [0.5, 0.6) is 0 Å². The van der Waals surface area contributed by atoms with Crippen molar-refractivity contribution in [3.63, 3.8) is 0 Å². The average Bonchev–Trinajstić information content (AvgIpc) is 3.56. The van der Waals surface area contributed by atoms with Gasteiger partial charge in [0.2, 0.25) is 17.7 Å². The maximum absolute atomic E-state index is 13.2. The van der Waals surface area contributed by atoms with Crippen molar-refractivity contribution < 1.29 is 33.1 Å². The molecule has 0 saturated heterocycles. The van der Waals surface area contributed by atoms with Gasteiger partial charge in [-0.25, -0.2) is 14.8 Å². The summed E-state index contributed by atoms with van der Waals surface area (Å²) in [5.41, 5.74) is -0.955. The Morgan fingerprint density at radius 2 is 2.00 bits per heavy atom. The van der Waals surface area contributed by atoms with E-state index in [9.17, 15) is 19.2 Å². The fraction of sp³-hybridized carbons (Fsp3) is 0.655. The van der Waals surface area contributed by atoms with Crippen LogP contribution >= 0.6 is 11.8 Å². The van der Waals surface area contributed by atoms with E-state index >= 15 is 0 Å². The van der Waals surface area contributed by atoms with Crippen molar-refractivity contribution in [2.75, 3.05) is 12.4 Å². The lowest BCUT2D eigenvalue weighted by atomic mass is 10.00. The minimum atomic E-state index is -1.27. The van der Waals surface area contributed by atoms with Crippen LogP contribution in [-0.4, -0.2) is 63.8 Å². The molecule has 3 rings (SSSR count).